The molecule has 33 heavy (non-hydrogen) atoms. The summed E-state index contributed by atoms with van der Waals surface area (Å²) in [6, 6.07) is 30.1. The summed E-state index contributed by atoms with van der Waals surface area (Å²) in [5.74, 6) is 0.575. The molecular weight excluding hydrogens is 408 g/mol. The highest BCUT2D eigenvalue weighted by molar-refractivity contribution is 5.94. The third-order valence-corrected chi connectivity index (χ3v) is 7.47. The fraction of sp³-hybridized carbons (Fsp3) is 0.345. The van der Waals surface area contributed by atoms with Crippen LogP contribution in [0, 0.1) is 5.92 Å². The van der Waals surface area contributed by atoms with E-state index in [1.807, 2.05) is 65.6 Å². The molecule has 0 bridgehead atoms. The second-order valence-corrected chi connectivity index (χ2v) is 9.52. The van der Waals surface area contributed by atoms with Crippen molar-refractivity contribution in [2.24, 2.45) is 5.92 Å². The number of hydrogen-bond donors (Lipinski definition) is 1. The zero-order chi connectivity index (χ0) is 22.7. The first kappa shape index (κ1) is 21.9. The van der Waals surface area contributed by atoms with Gasteiger partial charge in [-0.2, -0.15) is 0 Å². The average molecular weight is 441 g/mol. The summed E-state index contributed by atoms with van der Waals surface area (Å²) in [5.41, 5.74) is 1.97. The maximum atomic E-state index is 13.2. The molecule has 4 heteroatoms. The van der Waals surface area contributed by atoms with E-state index >= 15 is 0 Å². The summed E-state index contributed by atoms with van der Waals surface area (Å²) in [6.45, 7) is 3.74. The first-order chi connectivity index (χ1) is 16.1. The average Bonchev–Trinajstić information content (AvgIpc) is 3.22. The van der Waals surface area contributed by atoms with Crippen LogP contribution in [0.3, 0.4) is 0 Å². The molecule has 3 aromatic carbocycles. The minimum atomic E-state index is -1.04. The molecule has 0 saturated carbocycles. The highest BCUT2D eigenvalue weighted by Gasteiger charge is 2.48. The number of benzene rings is 3. The van der Waals surface area contributed by atoms with Crippen LogP contribution >= 0.6 is 0 Å². The Morgan fingerprint density at radius 2 is 1.42 bits per heavy atom. The fourth-order valence-corrected chi connectivity index (χ4v) is 5.57. The molecule has 2 fully saturated rings. The standard InChI is InChI=1S/C29H32N2O2/c32-28(25-12-6-2-7-13-25)31-21-27(29(33,22-31)26-14-8-3-9-15-26)20-30-18-16-24(17-19-30)23-10-4-1-5-11-23/h1-15,24,27,33H,16-22H2/t27-,29-/m1/s1. The lowest BCUT2D eigenvalue weighted by molar-refractivity contribution is -0.00737. The number of rotatable bonds is 5. The van der Waals surface area contributed by atoms with Crippen molar-refractivity contribution < 1.29 is 9.90 Å². The monoisotopic (exact) mass is 440 g/mol. The van der Waals surface area contributed by atoms with E-state index in [9.17, 15) is 9.90 Å². The SMILES string of the molecule is O=C(c1ccccc1)N1C[C@@H](CN2CCC(c3ccccc3)CC2)[C@](O)(c2ccccc2)C1. The Morgan fingerprint density at radius 3 is 2.06 bits per heavy atom. The molecule has 5 rings (SSSR count). The van der Waals surface area contributed by atoms with Crippen molar-refractivity contribution in [3.8, 4) is 0 Å². The Kier molecular flexibility index (Phi) is 6.30. The van der Waals surface area contributed by atoms with Crippen molar-refractivity contribution in [3.05, 3.63) is 108 Å². The zero-order valence-electron chi connectivity index (χ0n) is 19.0. The molecule has 1 N–H and O–H groups in total. The molecule has 2 aliphatic rings. The van der Waals surface area contributed by atoms with Gasteiger partial charge in [-0.15, -0.1) is 0 Å². The first-order valence-corrected chi connectivity index (χ1v) is 12.0. The summed E-state index contributed by atoms with van der Waals surface area (Å²) in [6.07, 6.45) is 2.26. The maximum absolute atomic E-state index is 13.2. The van der Waals surface area contributed by atoms with Crippen LogP contribution < -0.4 is 0 Å². The van der Waals surface area contributed by atoms with Gasteiger partial charge in [0.15, 0.2) is 0 Å². The number of β-amino-alcohol motifs (C(OH)–C–C–N with tert-alkyl or cyclic N) is 1. The van der Waals surface area contributed by atoms with E-state index < -0.39 is 5.60 Å². The lowest BCUT2D eigenvalue weighted by Crippen LogP contribution is -2.44. The van der Waals surface area contributed by atoms with Gasteiger partial charge in [-0.05, 0) is 55.1 Å². The molecule has 2 saturated heterocycles. The van der Waals surface area contributed by atoms with Crippen LogP contribution in [0.4, 0.5) is 0 Å². The van der Waals surface area contributed by atoms with E-state index in [-0.39, 0.29) is 11.8 Å². The number of carbonyl (C=O) groups is 1. The fourth-order valence-electron chi connectivity index (χ4n) is 5.57. The summed E-state index contributed by atoms with van der Waals surface area (Å²) in [5, 5.41) is 11.9. The number of amides is 1. The van der Waals surface area contributed by atoms with Crippen molar-refractivity contribution in [1.29, 1.82) is 0 Å². The predicted octanol–water partition coefficient (Wildman–Crippen LogP) is 4.53. The molecule has 0 spiro atoms. The summed E-state index contributed by atoms with van der Waals surface area (Å²) in [7, 11) is 0. The second kappa shape index (κ2) is 9.50. The summed E-state index contributed by atoms with van der Waals surface area (Å²) < 4.78 is 0. The zero-order valence-corrected chi connectivity index (χ0v) is 19.0. The molecule has 4 nitrogen and oxygen atoms in total. The van der Waals surface area contributed by atoms with Gasteiger partial charge in [0.05, 0.1) is 6.54 Å². The van der Waals surface area contributed by atoms with Gasteiger partial charge in [-0.1, -0.05) is 78.9 Å². The van der Waals surface area contributed by atoms with Gasteiger partial charge in [-0.3, -0.25) is 4.79 Å². The number of nitrogens with zero attached hydrogens (tertiary/aromatic N) is 2. The molecule has 0 aliphatic carbocycles. The number of piperidine rings is 1. The van der Waals surface area contributed by atoms with Crippen LogP contribution in [0.1, 0.15) is 40.2 Å². The molecule has 170 valence electrons. The van der Waals surface area contributed by atoms with Crippen molar-refractivity contribution in [2.45, 2.75) is 24.4 Å². The van der Waals surface area contributed by atoms with E-state index in [1.165, 1.54) is 5.56 Å². The summed E-state index contributed by atoms with van der Waals surface area (Å²) in [4.78, 5) is 17.5. The molecule has 0 unspecified atom stereocenters. The van der Waals surface area contributed by atoms with Gasteiger partial charge >= 0.3 is 0 Å². The molecule has 1 amide bonds. The Morgan fingerprint density at radius 1 is 0.848 bits per heavy atom. The van der Waals surface area contributed by atoms with Crippen LogP contribution in [0.15, 0.2) is 91.0 Å². The van der Waals surface area contributed by atoms with Crippen LogP contribution in [0.25, 0.3) is 0 Å². The van der Waals surface area contributed by atoms with Gasteiger partial charge in [-0.25, -0.2) is 0 Å². The van der Waals surface area contributed by atoms with E-state index in [1.54, 1.807) is 0 Å². The quantitative estimate of drug-likeness (QED) is 0.634. The van der Waals surface area contributed by atoms with E-state index in [2.05, 4.69) is 35.2 Å². The van der Waals surface area contributed by atoms with E-state index in [4.69, 9.17) is 0 Å². The minimum Gasteiger partial charge on any atom is -0.383 e. The van der Waals surface area contributed by atoms with Gasteiger partial charge in [0.1, 0.15) is 5.60 Å². The van der Waals surface area contributed by atoms with Crippen molar-refractivity contribution in [2.75, 3.05) is 32.7 Å². The van der Waals surface area contributed by atoms with Crippen molar-refractivity contribution in [1.82, 2.24) is 9.80 Å². The van der Waals surface area contributed by atoms with E-state index in [0.29, 0.717) is 24.6 Å². The third kappa shape index (κ3) is 4.59. The number of hydrogen-bond acceptors (Lipinski definition) is 3. The smallest absolute Gasteiger partial charge is 0.253 e. The van der Waals surface area contributed by atoms with E-state index in [0.717, 1.165) is 38.0 Å². The highest BCUT2D eigenvalue weighted by atomic mass is 16.3. The number of aliphatic hydroxyl groups is 1. The van der Waals surface area contributed by atoms with Gasteiger partial charge < -0.3 is 14.9 Å². The largest absolute Gasteiger partial charge is 0.383 e. The van der Waals surface area contributed by atoms with Crippen molar-refractivity contribution in [3.63, 3.8) is 0 Å². The number of likely N-dealkylation sites (tertiary alicyclic amines) is 2. The third-order valence-electron chi connectivity index (χ3n) is 7.47. The van der Waals surface area contributed by atoms with Gasteiger partial charge in [0, 0.05) is 24.6 Å². The molecule has 2 heterocycles. The van der Waals surface area contributed by atoms with Gasteiger partial charge in [0.2, 0.25) is 0 Å². The predicted molar refractivity (Wildman–Crippen MR) is 131 cm³/mol. The lowest BCUT2D eigenvalue weighted by atomic mass is 9.83. The minimum absolute atomic E-state index is 0.00441. The Balaban J connectivity index is 1.32. The Bertz CT molecular complexity index is 1050. The number of carbonyl (C=O) groups excluding carboxylic acids is 1. The van der Waals surface area contributed by atoms with Gasteiger partial charge in [0.25, 0.3) is 5.91 Å². The first-order valence-electron chi connectivity index (χ1n) is 12.0. The van der Waals surface area contributed by atoms with Crippen molar-refractivity contribution >= 4 is 5.91 Å². The molecule has 2 atom stereocenters. The van der Waals surface area contributed by atoms with Crippen LogP contribution in [-0.2, 0) is 5.60 Å². The maximum Gasteiger partial charge on any atom is 0.253 e. The molecule has 0 radical (unpaired) electrons. The molecule has 2 aliphatic heterocycles. The molecule has 3 aromatic rings. The normalized spacial score (nSPS) is 24.2. The summed E-state index contributed by atoms with van der Waals surface area (Å²) >= 11 is 0. The molecule has 0 aromatic heterocycles. The highest BCUT2D eigenvalue weighted by Crippen LogP contribution is 2.39. The molecular formula is C29H32N2O2. The Labute approximate surface area is 196 Å². The topological polar surface area (TPSA) is 43.8 Å². The second-order valence-electron chi connectivity index (χ2n) is 9.52. The van der Waals surface area contributed by atoms with Crippen LogP contribution in [0.2, 0.25) is 0 Å². The Hall–Kier alpha value is -2.95. The lowest BCUT2D eigenvalue weighted by Gasteiger charge is -2.37. The van der Waals surface area contributed by atoms with Crippen LogP contribution in [-0.4, -0.2) is 53.5 Å². The van der Waals surface area contributed by atoms with Crippen LogP contribution in [0.5, 0.6) is 0 Å².